The lowest BCUT2D eigenvalue weighted by Crippen LogP contribution is -2.52. The fourth-order valence-corrected chi connectivity index (χ4v) is 10.7. The van der Waals surface area contributed by atoms with Crippen LogP contribution in [-0.2, 0) is 46.3 Å². The first kappa shape index (κ1) is 56.7. The number of pyridine rings is 2. The maximum absolute atomic E-state index is 14.0. The Labute approximate surface area is 452 Å². The fraction of sp³-hybridized carbons (Fsp3) is 0.365. The van der Waals surface area contributed by atoms with Gasteiger partial charge in [0, 0.05) is 60.1 Å². The Morgan fingerprint density at radius 2 is 0.948 bits per heavy atom. The van der Waals surface area contributed by atoms with Crippen LogP contribution >= 0.6 is 0 Å². The zero-order valence-corrected chi connectivity index (χ0v) is 45.8. The lowest BCUT2D eigenvalue weighted by molar-refractivity contribution is -0.142. The van der Waals surface area contributed by atoms with Crippen molar-refractivity contribution in [1.29, 1.82) is 0 Å². The van der Waals surface area contributed by atoms with Crippen LogP contribution in [0, 0.1) is 39.5 Å². The average Bonchev–Trinajstić information content (AvgIpc) is 3.40. The van der Waals surface area contributed by atoms with Gasteiger partial charge in [-0.15, -0.1) is 0 Å². The van der Waals surface area contributed by atoms with Gasteiger partial charge in [-0.25, -0.2) is 0 Å². The number of ether oxygens (including phenoxy) is 1. The molecule has 4 amide bonds. The number of nitrogens with zero attached hydrogens (tertiary/aromatic N) is 4. The summed E-state index contributed by atoms with van der Waals surface area (Å²) >= 11 is 0. The van der Waals surface area contributed by atoms with E-state index in [9.17, 15) is 33.9 Å². The van der Waals surface area contributed by atoms with Crippen LogP contribution in [0.15, 0.2) is 122 Å². The summed E-state index contributed by atoms with van der Waals surface area (Å²) in [5, 5.41) is 15.8. The van der Waals surface area contributed by atoms with E-state index >= 15 is 0 Å². The highest BCUT2D eigenvalue weighted by Crippen LogP contribution is 2.35. The van der Waals surface area contributed by atoms with Gasteiger partial charge in [0.1, 0.15) is 12.1 Å². The van der Waals surface area contributed by atoms with Gasteiger partial charge in [-0.1, -0.05) is 100 Å². The summed E-state index contributed by atoms with van der Waals surface area (Å²) < 4.78 is 4.97. The van der Waals surface area contributed by atoms with Crippen molar-refractivity contribution in [3.05, 3.63) is 166 Å². The molecule has 14 nitrogen and oxygen atoms in total. The number of para-hydroxylation sites is 2. The molecule has 0 saturated heterocycles. The third kappa shape index (κ3) is 13.9. The van der Waals surface area contributed by atoms with Gasteiger partial charge in [0.15, 0.2) is 0 Å². The second kappa shape index (κ2) is 25.7. The van der Waals surface area contributed by atoms with Crippen molar-refractivity contribution in [2.75, 3.05) is 16.9 Å². The molecule has 4 heterocycles. The highest BCUT2D eigenvalue weighted by atomic mass is 16.5. The molecule has 4 atom stereocenters. The fourth-order valence-electron chi connectivity index (χ4n) is 10.7. The van der Waals surface area contributed by atoms with Gasteiger partial charge >= 0.3 is 11.9 Å². The van der Waals surface area contributed by atoms with E-state index in [0.717, 1.165) is 67.0 Å². The summed E-state index contributed by atoms with van der Waals surface area (Å²) in [5.41, 5.74) is 13.2. The predicted octanol–water partition coefficient (Wildman–Crippen LogP) is 10.9. The molecule has 2 unspecified atom stereocenters. The van der Waals surface area contributed by atoms with E-state index < -0.39 is 36.1 Å². The van der Waals surface area contributed by atoms with Gasteiger partial charge in [-0.05, 0) is 145 Å². The third-order valence-electron chi connectivity index (χ3n) is 14.3. The number of aliphatic carboxylic acids is 1. The maximum atomic E-state index is 14.0. The zero-order chi connectivity index (χ0) is 55.5. The smallest absolute Gasteiger partial charge is 0.307 e. The van der Waals surface area contributed by atoms with E-state index in [1.54, 1.807) is 34.6 Å². The van der Waals surface area contributed by atoms with Crippen molar-refractivity contribution in [1.82, 2.24) is 20.6 Å². The molecule has 77 heavy (non-hydrogen) atoms. The molecule has 2 aromatic heterocycles. The molecular weight excluding hydrogens is 969 g/mol. The van der Waals surface area contributed by atoms with Crippen LogP contribution in [0.4, 0.5) is 11.4 Å². The van der Waals surface area contributed by atoms with E-state index in [1.807, 2.05) is 152 Å². The monoisotopic (exact) mass is 1040 g/mol. The summed E-state index contributed by atoms with van der Waals surface area (Å²) in [7, 11) is 1.33. The first-order valence-electron chi connectivity index (χ1n) is 26.6. The number of amides is 4. The molecule has 0 aliphatic carbocycles. The Bertz CT molecular complexity index is 3090. The highest BCUT2D eigenvalue weighted by Gasteiger charge is 2.38. The normalized spacial score (nSPS) is 14.6. The predicted molar refractivity (Wildman–Crippen MR) is 300 cm³/mol. The number of esters is 1. The summed E-state index contributed by atoms with van der Waals surface area (Å²) in [6.07, 6.45) is 9.37. The molecule has 0 bridgehead atoms. The molecule has 402 valence electrons. The van der Waals surface area contributed by atoms with Crippen LogP contribution in [0.1, 0.15) is 123 Å². The largest absolute Gasteiger partial charge is 0.481 e. The number of aromatic nitrogens is 2. The number of carbonyl (C=O) groups excluding carboxylic acids is 5. The van der Waals surface area contributed by atoms with Crippen molar-refractivity contribution in [3.8, 4) is 22.3 Å². The first-order chi connectivity index (χ1) is 36.8. The molecule has 6 aromatic rings. The molecule has 2 aliphatic heterocycles. The molecule has 0 radical (unpaired) electrons. The number of nitrogens with one attached hydrogen (secondary N) is 2. The zero-order valence-electron chi connectivity index (χ0n) is 45.8. The molecule has 2 aliphatic rings. The molecular formula is C63H72N6O8. The number of benzene rings is 4. The van der Waals surface area contributed by atoms with Gasteiger partial charge in [0.05, 0.1) is 32.0 Å². The number of carbonyl (C=O) groups is 6. The van der Waals surface area contributed by atoms with Crippen LogP contribution in [0.3, 0.4) is 0 Å². The lowest BCUT2D eigenvalue weighted by atomic mass is 9.93. The molecule has 4 aromatic carbocycles. The van der Waals surface area contributed by atoms with Crippen LogP contribution in [0.5, 0.6) is 0 Å². The topological polar surface area (TPSA) is 188 Å². The molecule has 8 rings (SSSR count). The Morgan fingerprint density at radius 1 is 0.558 bits per heavy atom. The number of aryl methyl sites for hydroxylation is 6. The highest BCUT2D eigenvalue weighted by molar-refractivity contribution is 6.04. The second-order valence-electron chi connectivity index (χ2n) is 21.1. The summed E-state index contributed by atoms with van der Waals surface area (Å²) in [6, 6.07) is 28.5. The van der Waals surface area contributed by atoms with Gasteiger partial charge in [-0.3, -0.25) is 48.5 Å². The molecule has 3 N–H and O–H groups in total. The van der Waals surface area contributed by atoms with Gasteiger partial charge < -0.3 is 20.5 Å². The van der Waals surface area contributed by atoms with Crippen LogP contribution < -0.4 is 20.4 Å². The van der Waals surface area contributed by atoms with Crippen molar-refractivity contribution >= 4 is 46.9 Å². The van der Waals surface area contributed by atoms with Crippen molar-refractivity contribution in [3.63, 3.8) is 0 Å². The quantitative estimate of drug-likeness (QED) is 0.0699. The standard InChI is InChI=1S/C32H37N3O4.C31H35N3O4/c1-20(2)15-28(35-27-12-7-6-11-23(27)13-14-29(35)36)32(38)34-26(17-30(37)39-5)24-16-25(19-33-18-24)31-21(3)9-8-10-22(31)4;1-19(2)14-27(34-26-11-6-5-10-22(26)12-13-28(34)35)31(38)33-25(16-29(36)37)23-15-24(18-32-17-23)30-20(3)8-7-9-21(30)4/h6-12,16,18-20,26,28H,13-15,17H2,1-5H3,(H,34,38);5-11,15,17-19,25,27H,12-14,16H2,1-4H3,(H,33,38)(H,36,37)/t26-,28?;25-,27?/m00/s1. The van der Waals surface area contributed by atoms with Crippen LogP contribution in [-0.4, -0.2) is 69.8 Å². The first-order valence-corrected chi connectivity index (χ1v) is 26.6. The van der Waals surface area contributed by atoms with Gasteiger partial charge in [0.25, 0.3) is 0 Å². The minimum absolute atomic E-state index is 0.0565. The Kier molecular flexibility index (Phi) is 18.9. The summed E-state index contributed by atoms with van der Waals surface area (Å²) in [6.45, 7) is 16.2. The number of fused-ring (bicyclic) bond motifs is 2. The maximum Gasteiger partial charge on any atom is 0.307 e. The number of rotatable bonds is 18. The molecule has 0 saturated carbocycles. The number of anilines is 2. The van der Waals surface area contributed by atoms with Crippen molar-refractivity contribution < 1.29 is 38.6 Å². The summed E-state index contributed by atoms with van der Waals surface area (Å²) in [4.78, 5) is 90.5. The number of carboxylic acid groups (broad SMARTS) is 1. The molecule has 0 fully saturated rings. The number of methoxy groups -OCH3 is 1. The van der Waals surface area contributed by atoms with Gasteiger partial charge in [-0.2, -0.15) is 0 Å². The summed E-state index contributed by atoms with van der Waals surface area (Å²) in [5.74, 6) is -2.02. The van der Waals surface area contributed by atoms with Crippen molar-refractivity contribution in [2.45, 2.75) is 131 Å². The van der Waals surface area contributed by atoms with E-state index in [4.69, 9.17) is 4.74 Å². The third-order valence-corrected chi connectivity index (χ3v) is 14.3. The number of hydrogen-bond acceptors (Lipinski definition) is 9. The number of carboxylic acids is 1. The van der Waals surface area contributed by atoms with E-state index in [0.29, 0.717) is 49.7 Å². The van der Waals surface area contributed by atoms with Crippen LogP contribution in [0.25, 0.3) is 22.3 Å². The van der Waals surface area contributed by atoms with E-state index in [2.05, 4.69) is 20.6 Å². The minimum atomic E-state index is -1.03. The lowest BCUT2D eigenvalue weighted by Gasteiger charge is -2.37. The Balaban J connectivity index is 0.000000224. The van der Waals surface area contributed by atoms with Crippen LogP contribution in [0.2, 0.25) is 0 Å². The minimum Gasteiger partial charge on any atom is -0.481 e. The Morgan fingerprint density at radius 3 is 1.32 bits per heavy atom. The molecule has 0 spiro atoms. The number of hydrogen-bond donors (Lipinski definition) is 3. The average molecular weight is 1040 g/mol. The Hall–Kier alpha value is -8.00. The SMILES string of the molecule is COC(=O)C[C@H](NC(=O)C(CC(C)C)N1C(=O)CCc2ccccc21)c1cncc(-c2c(C)cccc2C)c1.Cc1cccc(C)c1-c1cncc([C@H](CC(=O)O)NC(=O)C(CC(C)C)N2C(=O)CCc3ccccc32)c1. The second-order valence-corrected chi connectivity index (χ2v) is 21.1. The molecule has 14 heteroatoms. The van der Waals surface area contributed by atoms with Gasteiger partial charge in [0.2, 0.25) is 23.6 Å². The van der Waals surface area contributed by atoms with Crippen molar-refractivity contribution in [2.24, 2.45) is 11.8 Å². The van der Waals surface area contributed by atoms with E-state index in [-0.39, 0.29) is 48.3 Å². The van der Waals surface area contributed by atoms with E-state index in [1.165, 1.54) is 7.11 Å².